The molecule has 1 fully saturated rings. The minimum atomic E-state index is -3.54. The summed E-state index contributed by atoms with van der Waals surface area (Å²) in [5.74, 6) is 0.323. The standard InChI is InChI=1S/C24H22N6O4S/c31-24(25-19-10-12-21(13-11-19)35(32,33)29-14-4-5-15-29)22(17-20-9-6-16-34-20)30-23(26-27-28-30)18-7-2-1-3-8-18/h1-3,6-13,16-17H,4-5,14-15H2,(H,25,31)/b22-17+. The number of nitrogens with one attached hydrogen (secondary N) is 1. The number of hydrogen-bond donors (Lipinski definition) is 1. The summed E-state index contributed by atoms with van der Waals surface area (Å²) in [5, 5.41) is 14.7. The Bertz CT molecular complexity index is 1440. The van der Waals surface area contributed by atoms with Crippen LogP contribution in [0.25, 0.3) is 23.2 Å². The molecule has 10 nitrogen and oxygen atoms in total. The van der Waals surface area contributed by atoms with Crippen molar-refractivity contribution >= 4 is 33.4 Å². The molecule has 5 rings (SSSR count). The first-order valence-electron chi connectivity index (χ1n) is 11.0. The van der Waals surface area contributed by atoms with Gasteiger partial charge in [0, 0.05) is 30.4 Å². The molecule has 0 saturated carbocycles. The van der Waals surface area contributed by atoms with Gasteiger partial charge < -0.3 is 9.73 Å². The molecule has 1 saturated heterocycles. The molecule has 2 aromatic heterocycles. The van der Waals surface area contributed by atoms with Crippen LogP contribution in [0.3, 0.4) is 0 Å². The normalized spacial score (nSPS) is 14.8. The summed E-state index contributed by atoms with van der Waals surface area (Å²) in [6.07, 6.45) is 4.75. The molecule has 11 heteroatoms. The number of aromatic nitrogens is 4. The lowest BCUT2D eigenvalue weighted by Gasteiger charge is -2.16. The van der Waals surface area contributed by atoms with Crippen molar-refractivity contribution in [1.29, 1.82) is 0 Å². The zero-order valence-corrected chi connectivity index (χ0v) is 19.4. The first kappa shape index (κ1) is 22.7. The third-order valence-electron chi connectivity index (χ3n) is 5.60. The number of benzene rings is 2. The van der Waals surface area contributed by atoms with E-state index in [-0.39, 0.29) is 10.6 Å². The van der Waals surface area contributed by atoms with E-state index in [1.165, 1.54) is 33.5 Å². The van der Waals surface area contributed by atoms with Gasteiger partial charge >= 0.3 is 0 Å². The molecular weight excluding hydrogens is 468 g/mol. The molecule has 0 bridgehead atoms. The highest BCUT2D eigenvalue weighted by Gasteiger charge is 2.27. The van der Waals surface area contributed by atoms with Gasteiger partial charge in [-0.15, -0.1) is 5.10 Å². The lowest BCUT2D eigenvalue weighted by atomic mass is 10.2. The zero-order chi connectivity index (χ0) is 24.3. The minimum absolute atomic E-state index is 0.123. The fourth-order valence-corrected chi connectivity index (χ4v) is 5.35. The van der Waals surface area contributed by atoms with E-state index in [2.05, 4.69) is 20.8 Å². The van der Waals surface area contributed by atoms with E-state index < -0.39 is 15.9 Å². The molecular formula is C24H22N6O4S. The number of tetrazole rings is 1. The Morgan fingerprint density at radius 1 is 0.971 bits per heavy atom. The number of anilines is 1. The Labute approximate surface area is 201 Å². The zero-order valence-electron chi connectivity index (χ0n) is 18.6. The van der Waals surface area contributed by atoms with Crippen molar-refractivity contribution in [3.8, 4) is 11.4 Å². The molecule has 35 heavy (non-hydrogen) atoms. The molecule has 0 atom stereocenters. The van der Waals surface area contributed by atoms with Crippen LogP contribution in [-0.4, -0.2) is 51.9 Å². The molecule has 0 radical (unpaired) electrons. The van der Waals surface area contributed by atoms with Crippen LogP contribution in [0.4, 0.5) is 5.69 Å². The molecule has 1 aliphatic heterocycles. The average Bonchev–Trinajstić information content (AvgIpc) is 3.66. The number of sulfonamides is 1. The molecule has 0 spiro atoms. The minimum Gasteiger partial charge on any atom is -0.465 e. The van der Waals surface area contributed by atoms with Gasteiger partial charge in [-0.25, -0.2) is 8.42 Å². The molecule has 4 aromatic rings. The number of carbonyl (C=O) groups excluding carboxylic acids is 1. The first-order chi connectivity index (χ1) is 17.0. The summed E-state index contributed by atoms with van der Waals surface area (Å²) in [6, 6.07) is 18.8. The van der Waals surface area contributed by atoms with Crippen LogP contribution in [0.15, 0.2) is 82.3 Å². The van der Waals surface area contributed by atoms with Crippen LogP contribution in [0.2, 0.25) is 0 Å². The van der Waals surface area contributed by atoms with Gasteiger partial charge in [-0.1, -0.05) is 30.3 Å². The van der Waals surface area contributed by atoms with Crippen molar-refractivity contribution in [2.45, 2.75) is 17.7 Å². The summed E-state index contributed by atoms with van der Waals surface area (Å²) in [6.45, 7) is 1.05. The van der Waals surface area contributed by atoms with Gasteiger partial charge in [0.15, 0.2) is 5.82 Å². The monoisotopic (exact) mass is 490 g/mol. The SMILES string of the molecule is O=C(Nc1ccc(S(=O)(=O)N2CCCC2)cc1)/C(=C\c1ccco1)n1nnnc1-c1ccccc1. The van der Waals surface area contributed by atoms with E-state index in [1.54, 1.807) is 24.3 Å². The third kappa shape index (κ3) is 4.77. The number of nitrogens with zero attached hydrogens (tertiary/aromatic N) is 5. The van der Waals surface area contributed by atoms with Gasteiger partial charge in [-0.3, -0.25) is 4.79 Å². The highest BCUT2D eigenvalue weighted by molar-refractivity contribution is 7.89. The van der Waals surface area contributed by atoms with E-state index in [0.717, 1.165) is 18.4 Å². The van der Waals surface area contributed by atoms with E-state index in [9.17, 15) is 13.2 Å². The Hall–Kier alpha value is -4.09. The number of rotatable bonds is 7. The fraction of sp³-hybridized carbons (Fsp3) is 0.167. The van der Waals surface area contributed by atoms with Gasteiger partial charge in [0.05, 0.1) is 11.2 Å². The van der Waals surface area contributed by atoms with Gasteiger partial charge in [-0.05, 0) is 59.7 Å². The largest absolute Gasteiger partial charge is 0.465 e. The summed E-state index contributed by atoms with van der Waals surface area (Å²) < 4.78 is 33.8. The number of furan rings is 1. The molecule has 1 N–H and O–H groups in total. The second kappa shape index (κ2) is 9.65. The predicted octanol–water partition coefficient (Wildman–Crippen LogP) is 3.35. The Morgan fingerprint density at radius 2 is 1.71 bits per heavy atom. The highest BCUT2D eigenvalue weighted by Crippen LogP contribution is 2.24. The van der Waals surface area contributed by atoms with Crippen LogP contribution in [0.1, 0.15) is 18.6 Å². The lowest BCUT2D eigenvalue weighted by molar-refractivity contribution is -0.111. The maximum Gasteiger partial charge on any atom is 0.274 e. The summed E-state index contributed by atoms with van der Waals surface area (Å²) in [5.41, 5.74) is 1.28. The number of hydrogen-bond acceptors (Lipinski definition) is 7. The van der Waals surface area contributed by atoms with Gasteiger partial charge in [0.1, 0.15) is 11.5 Å². The highest BCUT2D eigenvalue weighted by atomic mass is 32.2. The second-order valence-electron chi connectivity index (χ2n) is 7.92. The van der Waals surface area contributed by atoms with Crippen molar-refractivity contribution in [3.05, 3.63) is 78.8 Å². The van der Waals surface area contributed by atoms with Crippen LogP contribution in [0.5, 0.6) is 0 Å². The smallest absolute Gasteiger partial charge is 0.274 e. The fourth-order valence-electron chi connectivity index (χ4n) is 3.83. The van der Waals surface area contributed by atoms with E-state index in [4.69, 9.17) is 4.42 Å². The Kier molecular flexibility index (Phi) is 6.25. The topological polar surface area (TPSA) is 123 Å². The van der Waals surface area contributed by atoms with Crippen LogP contribution < -0.4 is 5.32 Å². The van der Waals surface area contributed by atoms with E-state index >= 15 is 0 Å². The molecule has 1 aliphatic rings. The van der Waals surface area contributed by atoms with Crippen molar-refractivity contribution < 1.29 is 17.6 Å². The Morgan fingerprint density at radius 3 is 2.40 bits per heavy atom. The summed E-state index contributed by atoms with van der Waals surface area (Å²) in [7, 11) is -3.54. The van der Waals surface area contributed by atoms with Crippen LogP contribution in [-0.2, 0) is 14.8 Å². The number of carbonyl (C=O) groups is 1. The molecule has 0 unspecified atom stereocenters. The van der Waals surface area contributed by atoms with E-state index in [1.807, 2.05) is 30.3 Å². The lowest BCUT2D eigenvalue weighted by Crippen LogP contribution is -2.27. The van der Waals surface area contributed by atoms with Crippen molar-refractivity contribution in [2.24, 2.45) is 0 Å². The second-order valence-corrected chi connectivity index (χ2v) is 9.85. The van der Waals surface area contributed by atoms with Crippen molar-refractivity contribution in [1.82, 2.24) is 24.5 Å². The predicted molar refractivity (Wildman–Crippen MR) is 129 cm³/mol. The van der Waals surface area contributed by atoms with E-state index in [0.29, 0.717) is 30.4 Å². The first-order valence-corrected chi connectivity index (χ1v) is 12.5. The van der Waals surface area contributed by atoms with Crippen molar-refractivity contribution in [2.75, 3.05) is 18.4 Å². The quantitative estimate of drug-likeness (QED) is 0.394. The molecule has 1 amide bonds. The maximum atomic E-state index is 13.3. The average molecular weight is 491 g/mol. The molecule has 0 aliphatic carbocycles. The van der Waals surface area contributed by atoms with Crippen LogP contribution in [0, 0.1) is 0 Å². The van der Waals surface area contributed by atoms with Gasteiger partial charge in [0.2, 0.25) is 10.0 Å². The van der Waals surface area contributed by atoms with Gasteiger partial charge in [0.25, 0.3) is 5.91 Å². The number of amides is 1. The summed E-state index contributed by atoms with van der Waals surface area (Å²) >= 11 is 0. The summed E-state index contributed by atoms with van der Waals surface area (Å²) in [4.78, 5) is 13.5. The molecule has 2 aromatic carbocycles. The maximum absolute atomic E-state index is 13.3. The Balaban J connectivity index is 1.44. The van der Waals surface area contributed by atoms with Crippen molar-refractivity contribution in [3.63, 3.8) is 0 Å². The third-order valence-corrected chi connectivity index (χ3v) is 7.51. The van der Waals surface area contributed by atoms with Crippen LogP contribution >= 0.6 is 0 Å². The molecule has 178 valence electrons. The van der Waals surface area contributed by atoms with Gasteiger partial charge in [-0.2, -0.15) is 8.99 Å². The molecule has 3 heterocycles.